The third-order valence-corrected chi connectivity index (χ3v) is 4.80. The van der Waals surface area contributed by atoms with Gasteiger partial charge in [0.25, 0.3) is 0 Å². The molecule has 0 radical (unpaired) electrons. The van der Waals surface area contributed by atoms with Crippen LogP contribution in [0.1, 0.15) is 66.7 Å². The van der Waals surface area contributed by atoms with Gasteiger partial charge in [0.15, 0.2) is 0 Å². The van der Waals surface area contributed by atoms with Crippen LogP contribution in [-0.2, 0) is 4.79 Å². The highest BCUT2D eigenvalue weighted by Crippen LogP contribution is 2.20. The highest BCUT2D eigenvalue weighted by molar-refractivity contribution is 7.80. The largest absolute Gasteiger partial charge is 0.339 e. The molecule has 0 aromatic heterocycles. The zero-order valence-corrected chi connectivity index (χ0v) is 14.4. The number of unbranched alkanes of at least 4 members (excludes halogenated alkanes) is 1. The van der Waals surface area contributed by atoms with Crippen LogP contribution in [0.25, 0.3) is 0 Å². The quantitative estimate of drug-likeness (QED) is 0.591. The van der Waals surface area contributed by atoms with Gasteiger partial charge in [0, 0.05) is 19.0 Å². The number of carbonyl (C=O) groups excluding carboxylic acids is 1. The molecule has 0 fully saturated rings. The Hall–Kier alpha value is -0.180. The molecular formula is C16H33NOS. The lowest BCUT2D eigenvalue weighted by Gasteiger charge is -2.35. The molecule has 0 aliphatic rings. The maximum absolute atomic E-state index is 12.2. The summed E-state index contributed by atoms with van der Waals surface area (Å²) in [5.74, 6) is 2.21. The molecular weight excluding hydrogens is 254 g/mol. The highest BCUT2D eigenvalue weighted by atomic mass is 32.1. The lowest BCUT2D eigenvalue weighted by Crippen LogP contribution is -2.45. The molecule has 1 amide bonds. The van der Waals surface area contributed by atoms with Crippen LogP contribution >= 0.6 is 12.6 Å². The van der Waals surface area contributed by atoms with Gasteiger partial charge in [-0.2, -0.15) is 12.6 Å². The monoisotopic (exact) mass is 287 g/mol. The number of hydrogen-bond acceptors (Lipinski definition) is 2. The third kappa shape index (κ3) is 6.69. The Kier molecular flexibility index (Phi) is 10.5. The number of carbonyl (C=O) groups is 1. The Balaban J connectivity index is 4.69. The van der Waals surface area contributed by atoms with E-state index in [1.54, 1.807) is 0 Å². The molecule has 0 N–H and O–H groups in total. The number of amides is 1. The van der Waals surface area contributed by atoms with Crippen LogP contribution in [0.4, 0.5) is 0 Å². The van der Waals surface area contributed by atoms with E-state index in [2.05, 4.69) is 45.2 Å². The average molecular weight is 288 g/mol. The van der Waals surface area contributed by atoms with E-state index in [1.165, 1.54) is 19.3 Å². The third-order valence-electron chi connectivity index (χ3n) is 4.22. The van der Waals surface area contributed by atoms with Crippen LogP contribution in [0.3, 0.4) is 0 Å². The molecule has 2 nitrogen and oxygen atoms in total. The van der Waals surface area contributed by atoms with Crippen molar-refractivity contribution in [3.05, 3.63) is 0 Å². The van der Waals surface area contributed by atoms with Crippen molar-refractivity contribution in [1.29, 1.82) is 0 Å². The summed E-state index contributed by atoms with van der Waals surface area (Å²) in [6.45, 7) is 11.7. The molecule has 2 unspecified atom stereocenters. The van der Waals surface area contributed by atoms with Gasteiger partial charge in [-0.05, 0) is 30.9 Å². The van der Waals surface area contributed by atoms with Crippen molar-refractivity contribution in [3.63, 3.8) is 0 Å². The summed E-state index contributed by atoms with van der Waals surface area (Å²) in [5.41, 5.74) is 0. The number of nitrogens with zero attached hydrogens (tertiary/aromatic N) is 1. The van der Waals surface area contributed by atoms with Crippen LogP contribution in [0, 0.1) is 11.8 Å². The molecule has 0 aromatic carbocycles. The van der Waals surface area contributed by atoms with Crippen LogP contribution in [-0.4, -0.2) is 29.1 Å². The standard InChI is InChI=1S/C16H33NOS/c1-6-9-10-15(7-2)11-17(16(18)8-3)14(5)13(4)12-19/h13-15,19H,6-12H2,1-5H3/t13?,14-,15?/m1/s1. The van der Waals surface area contributed by atoms with Crippen LogP contribution in [0.2, 0.25) is 0 Å². The number of thiol groups is 1. The lowest BCUT2D eigenvalue weighted by atomic mass is 9.96. The van der Waals surface area contributed by atoms with E-state index in [4.69, 9.17) is 0 Å². The normalized spacial score (nSPS) is 15.9. The maximum Gasteiger partial charge on any atom is 0.222 e. The molecule has 3 heteroatoms. The Morgan fingerprint density at radius 1 is 1.21 bits per heavy atom. The molecule has 0 saturated carbocycles. The SMILES string of the molecule is CCCCC(CC)CN(C(=O)CC)[C@H](C)C(C)CS. The Morgan fingerprint density at radius 3 is 2.26 bits per heavy atom. The molecule has 0 spiro atoms. The molecule has 0 saturated heterocycles. The highest BCUT2D eigenvalue weighted by Gasteiger charge is 2.25. The second-order valence-corrected chi connectivity index (χ2v) is 6.08. The second kappa shape index (κ2) is 10.6. The zero-order chi connectivity index (χ0) is 14.8. The molecule has 0 rings (SSSR count). The van der Waals surface area contributed by atoms with E-state index in [0.717, 1.165) is 18.7 Å². The van der Waals surface area contributed by atoms with E-state index in [0.29, 0.717) is 24.3 Å². The molecule has 0 aliphatic carbocycles. The predicted molar refractivity (Wildman–Crippen MR) is 87.8 cm³/mol. The Labute approximate surface area is 125 Å². The second-order valence-electron chi connectivity index (χ2n) is 5.72. The van der Waals surface area contributed by atoms with Crippen molar-refractivity contribution in [2.75, 3.05) is 12.3 Å². The van der Waals surface area contributed by atoms with Crippen LogP contribution < -0.4 is 0 Å². The van der Waals surface area contributed by atoms with Gasteiger partial charge in [-0.15, -0.1) is 0 Å². The van der Waals surface area contributed by atoms with Gasteiger partial charge in [-0.3, -0.25) is 4.79 Å². The summed E-state index contributed by atoms with van der Waals surface area (Å²) < 4.78 is 0. The summed E-state index contributed by atoms with van der Waals surface area (Å²) in [4.78, 5) is 14.3. The van der Waals surface area contributed by atoms with Crippen molar-refractivity contribution in [3.8, 4) is 0 Å². The Morgan fingerprint density at radius 2 is 1.84 bits per heavy atom. The molecule has 0 heterocycles. The lowest BCUT2D eigenvalue weighted by molar-refractivity contribution is -0.134. The minimum absolute atomic E-state index is 0.288. The van der Waals surface area contributed by atoms with Crippen molar-refractivity contribution in [2.45, 2.75) is 72.8 Å². The van der Waals surface area contributed by atoms with Gasteiger partial charge in [-0.25, -0.2) is 0 Å². The van der Waals surface area contributed by atoms with Gasteiger partial charge in [0.05, 0.1) is 0 Å². The van der Waals surface area contributed by atoms with Crippen LogP contribution in [0.15, 0.2) is 0 Å². The first kappa shape index (κ1) is 18.8. The van der Waals surface area contributed by atoms with E-state index in [-0.39, 0.29) is 5.91 Å². The fraction of sp³-hybridized carbons (Fsp3) is 0.938. The Bertz CT molecular complexity index is 245. The van der Waals surface area contributed by atoms with E-state index < -0.39 is 0 Å². The van der Waals surface area contributed by atoms with Crippen molar-refractivity contribution in [1.82, 2.24) is 4.90 Å². The van der Waals surface area contributed by atoms with Gasteiger partial charge in [0.1, 0.15) is 0 Å². The first-order valence-corrected chi connectivity index (χ1v) is 8.55. The van der Waals surface area contributed by atoms with Crippen molar-refractivity contribution < 1.29 is 4.79 Å². The van der Waals surface area contributed by atoms with Crippen LogP contribution in [0.5, 0.6) is 0 Å². The fourth-order valence-corrected chi connectivity index (χ4v) is 2.66. The van der Waals surface area contributed by atoms with Gasteiger partial charge in [-0.1, -0.05) is 47.0 Å². The predicted octanol–water partition coefficient (Wildman–Crippen LogP) is 4.40. The minimum Gasteiger partial charge on any atom is -0.339 e. The molecule has 0 aliphatic heterocycles. The molecule has 0 bridgehead atoms. The molecule has 19 heavy (non-hydrogen) atoms. The topological polar surface area (TPSA) is 20.3 Å². The summed E-state index contributed by atoms with van der Waals surface area (Å²) in [5, 5.41) is 0. The van der Waals surface area contributed by atoms with Gasteiger partial charge >= 0.3 is 0 Å². The molecule has 3 atom stereocenters. The van der Waals surface area contributed by atoms with E-state index in [1.807, 2.05) is 6.92 Å². The van der Waals surface area contributed by atoms with Crippen molar-refractivity contribution in [2.24, 2.45) is 11.8 Å². The summed E-state index contributed by atoms with van der Waals surface area (Å²) in [6, 6.07) is 0.292. The summed E-state index contributed by atoms with van der Waals surface area (Å²) in [7, 11) is 0. The summed E-state index contributed by atoms with van der Waals surface area (Å²) >= 11 is 4.38. The fourth-order valence-electron chi connectivity index (χ4n) is 2.35. The van der Waals surface area contributed by atoms with E-state index >= 15 is 0 Å². The minimum atomic E-state index is 0.288. The maximum atomic E-state index is 12.2. The smallest absolute Gasteiger partial charge is 0.222 e. The average Bonchev–Trinajstić information content (AvgIpc) is 2.45. The zero-order valence-electron chi connectivity index (χ0n) is 13.5. The first-order valence-electron chi connectivity index (χ1n) is 7.91. The molecule has 114 valence electrons. The first-order chi connectivity index (χ1) is 9.01. The summed E-state index contributed by atoms with van der Waals surface area (Å²) in [6.07, 6.45) is 5.51. The van der Waals surface area contributed by atoms with Gasteiger partial charge < -0.3 is 4.90 Å². The van der Waals surface area contributed by atoms with Crippen molar-refractivity contribution >= 4 is 18.5 Å². The number of rotatable bonds is 10. The van der Waals surface area contributed by atoms with E-state index in [9.17, 15) is 4.79 Å². The van der Waals surface area contributed by atoms with Gasteiger partial charge in [0.2, 0.25) is 5.91 Å². The number of hydrogen-bond donors (Lipinski definition) is 1. The molecule has 0 aromatic rings.